The van der Waals surface area contributed by atoms with Gasteiger partial charge in [0.05, 0.1) is 6.42 Å². The van der Waals surface area contributed by atoms with E-state index >= 15 is 0 Å². The molecule has 1 saturated heterocycles. The molecule has 1 unspecified atom stereocenters. The average Bonchev–Trinajstić information content (AvgIpc) is 2.39. The zero-order valence-corrected chi connectivity index (χ0v) is 11.2. The van der Waals surface area contributed by atoms with Crippen LogP contribution >= 0.6 is 11.8 Å². The highest BCUT2D eigenvalue weighted by atomic mass is 32.2. The van der Waals surface area contributed by atoms with Gasteiger partial charge in [-0.1, -0.05) is 0 Å². The Balaban J connectivity index is 2.17. The number of anilines is 1. The highest BCUT2D eigenvalue weighted by molar-refractivity contribution is 7.99. The maximum atomic E-state index is 11.0. The molecule has 0 aromatic heterocycles. The first kappa shape index (κ1) is 13.7. The SMILES string of the molecule is NC(=O)c1ccc(N2CCSCC2CC(=O)O)cc1. The number of nitrogens with zero attached hydrogens (tertiary/aromatic N) is 1. The molecule has 1 aliphatic rings. The van der Waals surface area contributed by atoms with E-state index in [1.165, 1.54) is 0 Å². The Bertz CT molecular complexity index is 475. The highest BCUT2D eigenvalue weighted by Gasteiger charge is 2.25. The van der Waals surface area contributed by atoms with Gasteiger partial charge in [0.25, 0.3) is 0 Å². The van der Waals surface area contributed by atoms with Crippen LogP contribution in [0.2, 0.25) is 0 Å². The molecule has 2 rings (SSSR count). The lowest BCUT2D eigenvalue weighted by molar-refractivity contribution is -0.137. The number of aliphatic carboxylic acids is 1. The van der Waals surface area contributed by atoms with Gasteiger partial charge >= 0.3 is 5.97 Å². The lowest BCUT2D eigenvalue weighted by atomic mass is 10.1. The molecule has 0 bridgehead atoms. The summed E-state index contributed by atoms with van der Waals surface area (Å²) >= 11 is 1.77. The van der Waals surface area contributed by atoms with Gasteiger partial charge in [-0.25, -0.2) is 0 Å². The van der Waals surface area contributed by atoms with Crippen LogP contribution in [0.5, 0.6) is 0 Å². The fraction of sp³-hybridized carbons (Fsp3) is 0.385. The smallest absolute Gasteiger partial charge is 0.305 e. The van der Waals surface area contributed by atoms with E-state index in [2.05, 4.69) is 4.90 Å². The van der Waals surface area contributed by atoms with Crippen molar-refractivity contribution in [2.75, 3.05) is 23.0 Å². The normalized spacial score (nSPS) is 19.2. The molecule has 19 heavy (non-hydrogen) atoms. The van der Waals surface area contributed by atoms with Crippen LogP contribution in [0.1, 0.15) is 16.8 Å². The van der Waals surface area contributed by atoms with Gasteiger partial charge in [-0.05, 0) is 24.3 Å². The van der Waals surface area contributed by atoms with Crippen LogP contribution in [0.4, 0.5) is 5.69 Å². The van der Waals surface area contributed by atoms with Crippen LogP contribution in [0.3, 0.4) is 0 Å². The molecule has 102 valence electrons. The molecule has 1 heterocycles. The van der Waals surface area contributed by atoms with Crippen molar-refractivity contribution in [1.29, 1.82) is 0 Å². The van der Waals surface area contributed by atoms with Crippen molar-refractivity contribution in [1.82, 2.24) is 0 Å². The van der Waals surface area contributed by atoms with Gasteiger partial charge in [0.1, 0.15) is 0 Å². The second kappa shape index (κ2) is 5.97. The summed E-state index contributed by atoms with van der Waals surface area (Å²) in [6.45, 7) is 0.818. The monoisotopic (exact) mass is 280 g/mol. The van der Waals surface area contributed by atoms with Crippen molar-refractivity contribution in [2.24, 2.45) is 5.73 Å². The molecule has 0 saturated carbocycles. The lowest BCUT2D eigenvalue weighted by Gasteiger charge is -2.36. The summed E-state index contributed by atoms with van der Waals surface area (Å²) in [6.07, 6.45) is 0.130. The van der Waals surface area contributed by atoms with Crippen LogP contribution in [-0.2, 0) is 4.79 Å². The Kier molecular flexibility index (Phi) is 4.31. The quantitative estimate of drug-likeness (QED) is 0.865. The van der Waals surface area contributed by atoms with Crippen LogP contribution < -0.4 is 10.6 Å². The zero-order valence-electron chi connectivity index (χ0n) is 10.4. The number of carbonyl (C=O) groups is 2. The summed E-state index contributed by atoms with van der Waals surface area (Å²) in [5, 5.41) is 8.95. The largest absolute Gasteiger partial charge is 0.481 e. The molecular formula is C13H16N2O3S. The van der Waals surface area contributed by atoms with Crippen LogP contribution in [0, 0.1) is 0 Å². The number of carbonyl (C=O) groups excluding carboxylic acids is 1. The summed E-state index contributed by atoms with van der Waals surface area (Å²) in [7, 11) is 0. The van der Waals surface area contributed by atoms with Crippen molar-refractivity contribution in [2.45, 2.75) is 12.5 Å². The van der Waals surface area contributed by atoms with Gasteiger partial charge in [-0.2, -0.15) is 11.8 Å². The number of rotatable bonds is 4. The Morgan fingerprint density at radius 3 is 2.63 bits per heavy atom. The minimum atomic E-state index is -0.786. The molecule has 1 aliphatic heterocycles. The predicted molar refractivity (Wildman–Crippen MR) is 75.7 cm³/mol. The van der Waals surface area contributed by atoms with E-state index in [-0.39, 0.29) is 12.5 Å². The van der Waals surface area contributed by atoms with Crippen molar-refractivity contribution >= 4 is 29.3 Å². The third-order valence-corrected chi connectivity index (χ3v) is 4.21. The second-order valence-electron chi connectivity index (χ2n) is 4.43. The number of hydrogen-bond acceptors (Lipinski definition) is 4. The third kappa shape index (κ3) is 3.41. The maximum absolute atomic E-state index is 11.0. The number of thioether (sulfide) groups is 1. The molecule has 3 N–H and O–H groups in total. The van der Waals surface area contributed by atoms with Crippen molar-refractivity contribution in [3.8, 4) is 0 Å². The number of carboxylic acids is 1. The molecule has 1 aromatic carbocycles. The van der Waals surface area contributed by atoms with Crippen LogP contribution in [0.25, 0.3) is 0 Å². The Labute approximate surface area is 115 Å². The molecule has 1 amide bonds. The Hall–Kier alpha value is -1.69. The molecule has 5 nitrogen and oxygen atoms in total. The first-order chi connectivity index (χ1) is 9.08. The number of carboxylic acid groups (broad SMARTS) is 1. The van der Waals surface area contributed by atoms with E-state index in [4.69, 9.17) is 10.8 Å². The molecule has 1 fully saturated rings. The second-order valence-corrected chi connectivity index (χ2v) is 5.58. The summed E-state index contributed by atoms with van der Waals surface area (Å²) in [4.78, 5) is 24.0. The summed E-state index contributed by atoms with van der Waals surface area (Å²) < 4.78 is 0. The number of primary amides is 1. The first-order valence-corrected chi connectivity index (χ1v) is 7.19. The first-order valence-electron chi connectivity index (χ1n) is 6.04. The molecule has 1 atom stereocenters. The fourth-order valence-electron chi connectivity index (χ4n) is 2.18. The molecule has 0 aliphatic carbocycles. The molecule has 6 heteroatoms. The number of benzene rings is 1. The molecule has 0 radical (unpaired) electrons. The van der Waals surface area contributed by atoms with Gasteiger partial charge < -0.3 is 15.7 Å². The maximum Gasteiger partial charge on any atom is 0.305 e. The Morgan fingerprint density at radius 2 is 2.05 bits per heavy atom. The summed E-state index contributed by atoms with van der Waals surface area (Å²) in [5.41, 5.74) is 6.61. The van der Waals surface area contributed by atoms with Crippen LogP contribution in [0.15, 0.2) is 24.3 Å². The summed E-state index contributed by atoms with van der Waals surface area (Å²) in [5.74, 6) is 0.548. The Morgan fingerprint density at radius 1 is 1.37 bits per heavy atom. The van der Waals surface area contributed by atoms with E-state index in [1.807, 2.05) is 12.1 Å². The van der Waals surface area contributed by atoms with E-state index < -0.39 is 11.9 Å². The summed E-state index contributed by atoms with van der Waals surface area (Å²) in [6, 6.07) is 7.00. The standard InChI is InChI=1S/C13H16N2O3S/c14-13(18)9-1-3-10(4-2-9)15-5-6-19-8-11(15)7-12(16)17/h1-4,11H,5-8H2,(H2,14,18)(H,16,17). The van der Waals surface area contributed by atoms with Gasteiger partial charge in [-0.15, -0.1) is 0 Å². The molecule has 0 spiro atoms. The third-order valence-electron chi connectivity index (χ3n) is 3.12. The number of amides is 1. The van der Waals surface area contributed by atoms with Gasteiger partial charge in [0.2, 0.25) is 5.91 Å². The average molecular weight is 280 g/mol. The molecule has 1 aromatic rings. The van der Waals surface area contributed by atoms with E-state index in [0.29, 0.717) is 5.56 Å². The minimum absolute atomic E-state index is 0.00400. The number of hydrogen-bond donors (Lipinski definition) is 2. The van der Waals surface area contributed by atoms with Gasteiger partial charge in [0, 0.05) is 35.3 Å². The molecular weight excluding hydrogens is 264 g/mol. The van der Waals surface area contributed by atoms with E-state index in [0.717, 1.165) is 23.7 Å². The van der Waals surface area contributed by atoms with Gasteiger partial charge in [0.15, 0.2) is 0 Å². The van der Waals surface area contributed by atoms with Crippen molar-refractivity contribution in [3.63, 3.8) is 0 Å². The van der Waals surface area contributed by atoms with Crippen LogP contribution in [-0.4, -0.2) is 41.1 Å². The minimum Gasteiger partial charge on any atom is -0.481 e. The highest BCUT2D eigenvalue weighted by Crippen LogP contribution is 2.26. The van der Waals surface area contributed by atoms with Crippen molar-refractivity contribution < 1.29 is 14.7 Å². The van der Waals surface area contributed by atoms with E-state index in [1.54, 1.807) is 23.9 Å². The topological polar surface area (TPSA) is 83.6 Å². The van der Waals surface area contributed by atoms with Gasteiger partial charge in [-0.3, -0.25) is 9.59 Å². The van der Waals surface area contributed by atoms with Crippen molar-refractivity contribution in [3.05, 3.63) is 29.8 Å². The van der Waals surface area contributed by atoms with E-state index in [9.17, 15) is 9.59 Å². The lowest BCUT2D eigenvalue weighted by Crippen LogP contribution is -2.43. The zero-order chi connectivity index (χ0) is 13.8. The number of nitrogens with two attached hydrogens (primary N) is 1. The fourth-order valence-corrected chi connectivity index (χ4v) is 3.24. The predicted octanol–water partition coefficient (Wildman–Crippen LogP) is 1.18.